The summed E-state index contributed by atoms with van der Waals surface area (Å²) in [4.78, 5) is 0. The molecule has 11 heavy (non-hydrogen) atoms. The molecule has 0 spiro atoms. The quantitative estimate of drug-likeness (QED) is 0.516. The van der Waals surface area contributed by atoms with Crippen LogP contribution in [-0.2, 0) is 0 Å². The molecular weight excluding hydrogens is 136 g/mol. The number of nitrogens with zero attached hydrogens (tertiary/aromatic N) is 2. The first-order chi connectivity index (χ1) is 5.35. The maximum Gasteiger partial charge on any atom is 0.0816 e. The highest BCUT2D eigenvalue weighted by Crippen LogP contribution is 2.46. The molecule has 0 aliphatic heterocycles. The number of hydrogen-bond donors (Lipinski definition) is 0. The van der Waals surface area contributed by atoms with Gasteiger partial charge in [-0.25, -0.2) is 0 Å². The van der Waals surface area contributed by atoms with E-state index in [1.165, 1.54) is 38.5 Å². The highest BCUT2D eigenvalue weighted by Gasteiger charge is 2.40. The highest BCUT2D eigenvalue weighted by atomic mass is 15.1. The van der Waals surface area contributed by atoms with E-state index in [1.807, 2.05) is 0 Å². The molecule has 2 bridgehead atoms. The van der Waals surface area contributed by atoms with Crippen LogP contribution in [0.1, 0.15) is 38.5 Å². The molecule has 0 radical (unpaired) electrons. The molecule has 0 atom stereocenters. The summed E-state index contributed by atoms with van der Waals surface area (Å²) in [5.74, 6) is 1.03. The summed E-state index contributed by atoms with van der Waals surface area (Å²) in [5.41, 5.74) is 0.295. The van der Waals surface area contributed by atoms with E-state index in [0.717, 1.165) is 5.92 Å². The van der Waals surface area contributed by atoms with Gasteiger partial charge in [0.25, 0.3) is 0 Å². The van der Waals surface area contributed by atoms with E-state index in [2.05, 4.69) is 10.2 Å². The van der Waals surface area contributed by atoms with Gasteiger partial charge in [0.2, 0.25) is 0 Å². The molecule has 0 N–H and O–H groups in total. The van der Waals surface area contributed by atoms with Crippen LogP contribution >= 0.6 is 0 Å². The Balaban J connectivity index is 2.11. The molecule has 3 saturated carbocycles. The van der Waals surface area contributed by atoms with Crippen molar-refractivity contribution in [2.24, 2.45) is 16.1 Å². The van der Waals surface area contributed by atoms with Gasteiger partial charge in [0.15, 0.2) is 0 Å². The van der Waals surface area contributed by atoms with Gasteiger partial charge in [0.1, 0.15) is 0 Å². The molecule has 0 saturated heterocycles. The summed E-state index contributed by atoms with van der Waals surface area (Å²) in [5, 5.41) is 8.35. The van der Waals surface area contributed by atoms with Crippen molar-refractivity contribution in [2.75, 3.05) is 7.05 Å². The Bertz CT molecular complexity index is 153. The number of fused-ring (bicyclic) bond motifs is 3. The lowest BCUT2D eigenvalue weighted by Gasteiger charge is -2.42. The molecule has 2 nitrogen and oxygen atoms in total. The van der Waals surface area contributed by atoms with Crippen molar-refractivity contribution >= 4 is 0 Å². The third-order valence-corrected chi connectivity index (χ3v) is 3.37. The summed E-state index contributed by atoms with van der Waals surface area (Å²) in [6.45, 7) is 0. The lowest BCUT2D eigenvalue weighted by molar-refractivity contribution is 0.137. The average Bonchev–Trinajstić information content (AvgIpc) is 2.07. The van der Waals surface area contributed by atoms with Gasteiger partial charge in [-0.15, -0.1) is 0 Å². The minimum Gasteiger partial charge on any atom is -0.197 e. The third-order valence-electron chi connectivity index (χ3n) is 3.37. The summed E-state index contributed by atoms with van der Waals surface area (Å²) in [6, 6.07) is 0. The van der Waals surface area contributed by atoms with Crippen molar-refractivity contribution in [1.29, 1.82) is 0 Å². The van der Waals surface area contributed by atoms with Gasteiger partial charge in [-0.2, -0.15) is 10.2 Å². The van der Waals surface area contributed by atoms with Crippen molar-refractivity contribution in [3.05, 3.63) is 0 Å². The van der Waals surface area contributed by atoms with E-state index in [-0.39, 0.29) is 0 Å². The Kier molecular flexibility index (Phi) is 1.70. The Morgan fingerprint density at radius 3 is 2.09 bits per heavy atom. The van der Waals surface area contributed by atoms with E-state index in [0.29, 0.717) is 5.54 Å². The second-order valence-electron chi connectivity index (χ2n) is 4.01. The zero-order chi connectivity index (χ0) is 7.73. The number of azo groups is 1. The van der Waals surface area contributed by atoms with E-state index in [9.17, 15) is 0 Å². The molecule has 0 unspecified atom stereocenters. The van der Waals surface area contributed by atoms with Crippen molar-refractivity contribution in [3.8, 4) is 0 Å². The number of hydrogen-bond acceptors (Lipinski definition) is 2. The van der Waals surface area contributed by atoms with E-state index in [1.54, 1.807) is 7.05 Å². The van der Waals surface area contributed by atoms with Crippen LogP contribution in [0.2, 0.25) is 0 Å². The minimum absolute atomic E-state index is 0.295. The molecule has 0 heterocycles. The highest BCUT2D eigenvalue weighted by molar-refractivity contribution is 4.97. The van der Waals surface area contributed by atoms with Gasteiger partial charge in [0.05, 0.1) is 5.54 Å². The van der Waals surface area contributed by atoms with Crippen LogP contribution in [0.15, 0.2) is 10.2 Å². The molecule has 0 amide bonds. The molecule has 62 valence electrons. The molecule has 2 heteroatoms. The largest absolute Gasteiger partial charge is 0.197 e. The minimum atomic E-state index is 0.295. The van der Waals surface area contributed by atoms with Crippen LogP contribution in [0.25, 0.3) is 0 Å². The number of rotatable bonds is 1. The topological polar surface area (TPSA) is 24.7 Å². The summed E-state index contributed by atoms with van der Waals surface area (Å²) >= 11 is 0. The van der Waals surface area contributed by atoms with E-state index < -0.39 is 0 Å². The first kappa shape index (κ1) is 7.26. The molecule has 0 aromatic rings. The van der Waals surface area contributed by atoms with Gasteiger partial charge < -0.3 is 0 Å². The Hall–Kier alpha value is -0.400. The maximum absolute atomic E-state index is 4.40. The molecule has 3 aliphatic rings. The van der Waals surface area contributed by atoms with Crippen molar-refractivity contribution in [3.63, 3.8) is 0 Å². The predicted octanol–water partition coefficient (Wildman–Crippen LogP) is 2.79. The SMILES string of the molecule is CN=NC12CCC(CC1)CC2. The van der Waals surface area contributed by atoms with Gasteiger partial charge in [-0.1, -0.05) is 0 Å². The summed E-state index contributed by atoms with van der Waals surface area (Å²) < 4.78 is 0. The lowest BCUT2D eigenvalue weighted by atomic mass is 9.66. The van der Waals surface area contributed by atoms with Crippen LogP contribution in [0.4, 0.5) is 0 Å². The fourth-order valence-electron chi connectivity index (χ4n) is 2.59. The zero-order valence-corrected chi connectivity index (χ0v) is 7.21. The fourth-order valence-corrected chi connectivity index (χ4v) is 2.59. The second kappa shape index (κ2) is 2.58. The maximum atomic E-state index is 4.40. The smallest absolute Gasteiger partial charge is 0.0816 e. The van der Waals surface area contributed by atoms with Crippen molar-refractivity contribution < 1.29 is 0 Å². The fraction of sp³-hybridized carbons (Fsp3) is 1.00. The van der Waals surface area contributed by atoms with E-state index >= 15 is 0 Å². The first-order valence-corrected chi connectivity index (χ1v) is 4.66. The lowest BCUT2D eigenvalue weighted by Crippen LogP contribution is -2.37. The first-order valence-electron chi connectivity index (χ1n) is 4.66. The van der Waals surface area contributed by atoms with Gasteiger partial charge >= 0.3 is 0 Å². The molecule has 0 aromatic carbocycles. The van der Waals surface area contributed by atoms with Gasteiger partial charge in [-0.05, 0) is 44.4 Å². The van der Waals surface area contributed by atoms with Gasteiger partial charge in [-0.3, -0.25) is 0 Å². The normalized spacial score (nSPS) is 43.5. The molecular formula is C9H16N2. The standard InChI is InChI=1S/C9H16N2/c1-10-11-9-5-2-8(3-6-9)4-7-9/h8H,2-7H2,1H3. The zero-order valence-electron chi connectivity index (χ0n) is 7.21. The Morgan fingerprint density at radius 2 is 1.64 bits per heavy atom. The summed E-state index contributed by atoms with van der Waals surface area (Å²) in [7, 11) is 1.80. The van der Waals surface area contributed by atoms with Crippen LogP contribution in [0, 0.1) is 5.92 Å². The monoisotopic (exact) mass is 152 g/mol. The van der Waals surface area contributed by atoms with Crippen LogP contribution in [0.5, 0.6) is 0 Å². The second-order valence-corrected chi connectivity index (χ2v) is 4.01. The average molecular weight is 152 g/mol. The molecule has 3 rings (SSSR count). The predicted molar refractivity (Wildman–Crippen MR) is 44.7 cm³/mol. The van der Waals surface area contributed by atoms with Crippen molar-refractivity contribution in [1.82, 2.24) is 0 Å². The Morgan fingerprint density at radius 1 is 1.09 bits per heavy atom. The van der Waals surface area contributed by atoms with Crippen LogP contribution < -0.4 is 0 Å². The van der Waals surface area contributed by atoms with Crippen LogP contribution in [0.3, 0.4) is 0 Å². The van der Waals surface area contributed by atoms with Crippen molar-refractivity contribution in [2.45, 2.75) is 44.1 Å². The molecule has 3 fully saturated rings. The molecule has 0 aromatic heterocycles. The third kappa shape index (κ3) is 1.19. The Labute approximate surface area is 68.1 Å². The summed E-state index contributed by atoms with van der Waals surface area (Å²) in [6.07, 6.45) is 8.11. The molecule has 3 aliphatic carbocycles. The van der Waals surface area contributed by atoms with Gasteiger partial charge in [0, 0.05) is 7.05 Å². The van der Waals surface area contributed by atoms with Crippen LogP contribution in [-0.4, -0.2) is 12.6 Å². The van der Waals surface area contributed by atoms with E-state index in [4.69, 9.17) is 0 Å².